The minimum atomic E-state index is 0.892. The first kappa shape index (κ1) is 7.70. The van der Waals surface area contributed by atoms with Crippen molar-refractivity contribution >= 4 is 26.7 Å². The molecule has 0 saturated heterocycles. The Hall–Kier alpha value is -0.931. The van der Waals surface area contributed by atoms with Gasteiger partial charge in [-0.2, -0.15) is 0 Å². The van der Waals surface area contributed by atoms with Gasteiger partial charge in [0.1, 0.15) is 0 Å². The summed E-state index contributed by atoms with van der Waals surface area (Å²) in [5.74, 6) is 0. The number of hydrogen-bond donors (Lipinski definition) is 0. The molecule has 0 aromatic carbocycles. The van der Waals surface area contributed by atoms with Gasteiger partial charge in [-0.3, -0.25) is 0 Å². The molecule has 0 bridgehead atoms. The fourth-order valence-electron chi connectivity index (χ4n) is 1.18. The van der Waals surface area contributed by atoms with Crippen LogP contribution >= 0.6 is 0 Å². The van der Waals surface area contributed by atoms with E-state index >= 15 is 0 Å². The minimum absolute atomic E-state index is 0.892. The first-order valence-electron chi connectivity index (χ1n) is 3.53. The van der Waals surface area contributed by atoms with Gasteiger partial charge in [0.05, 0.1) is 0 Å². The molecule has 0 amide bonds. The van der Waals surface area contributed by atoms with Gasteiger partial charge in [0.25, 0.3) is 0 Å². The molecule has 62 valence electrons. The number of rotatable bonds is 0. The Kier molecular flexibility index (Phi) is 1.63. The summed E-state index contributed by atoms with van der Waals surface area (Å²) in [5.41, 5.74) is 1.99. The summed E-state index contributed by atoms with van der Waals surface area (Å²) >= 11 is 2.91. The van der Waals surface area contributed by atoms with Crippen molar-refractivity contribution in [1.29, 1.82) is 0 Å². The summed E-state index contributed by atoms with van der Waals surface area (Å²) in [6.45, 7) is 0. The van der Waals surface area contributed by atoms with Crippen molar-refractivity contribution in [3.8, 4) is 0 Å². The van der Waals surface area contributed by atoms with Gasteiger partial charge in [0.2, 0.25) is 0 Å². The summed E-state index contributed by atoms with van der Waals surface area (Å²) < 4.78 is 4.74. The zero-order valence-electron chi connectivity index (χ0n) is 6.85. The van der Waals surface area contributed by atoms with E-state index in [1.54, 1.807) is 12.7 Å². The van der Waals surface area contributed by atoms with Gasteiger partial charge in [0, 0.05) is 0 Å². The molecule has 4 nitrogen and oxygen atoms in total. The van der Waals surface area contributed by atoms with E-state index in [1.807, 2.05) is 23.2 Å². The average Bonchev–Trinajstić information content (AvgIpc) is 2.42. The number of fused-ring (bicyclic) bond motifs is 1. The topological polar surface area (TPSA) is 35.6 Å². The van der Waals surface area contributed by atoms with E-state index in [0.29, 0.717) is 0 Å². The molecule has 0 N–H and O–H groups in total. The summed E-state index contributed by atoms with van der Waals surface area (Å²) in [7, 11) is 3.89. The molecule has 0 aliphatic rings. The van der Waals surface area contributed by atoms with Crippen molar-refractivity contribution in [2.45, 2.75) is 0 Å². The zero-order valence-corrected chi connectivity index (χ0v) is 8.56. The Balaban J connectivity index is 3.09. The molecule has 0 saturated carbocycles. The van der Waals surface area contributed by atoms with Crippen LogP contribution in [0, 0.1) is 4.19 Å². The third-order valence-electron chi connectivity index (χ3n) is 1.80. The van der Waals surface area contributed by atoms with Gasteiger partial charge in [-0.1, -0.05) is 0 Å². The van der Waals surface area contributed by atoms with Gasteiger partial charge in [-0.25, -0.2) is 0 Å². The van der Waals surface area contributed by atoms with E-state index in [2.05, 4.69) is 25.5 Å². The van der Waals surface area contributed by atoms with Crippen molar-refractivity contribution in [1.82, 2.24) is 19.1 Å². The van der Waals surface area contributed by atoms with Crippen LogP contribution in [0.4, 0.5) is 0 Å². The molecule has 0 fully saturated rings. The molecule has 0 radical (unpaired) electrons. The second kappa shape index (κ2) is 2.54. The van der Waals surface area contributed by atoms with Gasteiger partial charge in [-0.05, 0) is 0 Å². The van der Waals surface area contributed by atoms with Crippen molar-refractivity contribution in [3.05, 3.63) is 16.8 Å². The second-order valence-corrected chi connectivity index (χ2v) is 3.50. The predicted molar refractivity (Wildman–Crippen MR) is 46.5 cm³/mol. The number of aromatic nitrogens is 4. The second-order valence-electron chi connectivity index (χ2n) is 2.69. The van der Waals surface area contributed by atoms with E-state index in [4.69, 9.17) is 0 Å². The van der Waals surface area contributed by atoms with Crippen LogP contribution in [0.15, 0.2) is 12.7 Å². The third kappa shape index (κ3) is 0.940. The number of aryl methyl sites for hydroxylation is 2. The van der Waals surface area contributed by atoms with Crippen LogP contribution in [0.3, 0.4) is 0 Å². The SMILES string of the molecule is Cn1cnc(=[Se])c2c1ncn2C. The maximum absolute atomic E-state index is 4.24. The Morgan fingerprint density at radius 2 is 1.83 bits per heavy atom. The number of imidazole rings is 1. The van der Waals surface area contributed by atoms with Gasteiger partial charge >= 0.3 is 76.8 Å². The molecule has 2 aromatic heterocycles. The molecule has 0 unspecified atom stereocenters. The monoisotopic (exact) mass is 228 g/mol. The molecule has 5 heteroatoms. The van der Waals surface area contributed by atoms with Gasteiger partial charge in [0.15, 0.2) is 0 Å². The predicted octanol–water partition coefficient (Wildman–Crippen LogP) is 0.00729. The molecule has 2 aromatic rings. The van der Waals surface area contributed by atoms with Crippen LogP contribution in [-0.4, -0.2) is 34.7 Å². The fourth-order valence-corrected chi connectivity index (χ4v) is 1.77. The van der Waals surface area contributed by atoms with Gasteiger partial charge < -0.3 is 0 Å². The van der Waals surface area contributed by atoms with Crippen molar-refractivity contribution in [2.24, 2.45) is 14.1 Å². The Morgan fingerprint density at radius 1 is 1.17 bits per heavy atom. The van der Waals surface area contributed by atoms with E-state index < -0.39 is 0 Å². The summed E-state index contributed by atoms with van der Waals surface area (Å²) in [6, 6.07) is 0. The summed E-state index contributed by atoms with van der Waals surface area (Å²) in [4.78, 5) is 8.43. The summed E-state index contributed by atoms with van der Waals surface area (Å²) in [6.07, 6.45) is 3.54. The van der Waals surface area contributed by atoms with E-state index in [9.17, 15) is 0 Å². The number of nitrogens with zero attached hydrogens (tertiary/aromatic N) is 4. The molecule has 2 heterocycles. The summed E-state index contributed by atoms with van der Waals surface area (Å²) in [5, 5.41) is 0. The molecule has 0 spiro atoms. The third-order valence-corrected chi connectivity index (χ3v) is 2.43. The van der Waals surface area contributed by atoms with E-state index in [-0.39, 0.29) is 0 Å². The Morgan fingerprint density at radius 3 is 2.50 bits per heavy atom. The quantitative estimate of drug-likeness (QED) is 0.594. The van der Waals surface area contributed by atoms with Crippen molar-refractivity contribution in [3.63, 3.8) is 0 Å². The van der Waals surface area contributed by atoms with E-state index in [1.165, 1.54) is 0 Å². The average molecular weight is 227 g/mol. The maximum atomic E-state index is 4.24. The Bertz CT molecular complexity index is 482. The first-order chi connectivity index (χ1) is 5.70. The first-order valence-corrected chi connectivity index (χ1v) is 4.38. The molecule has 0 aliphatic carbocycles. The van der Waals surface area contributed by atoms with Crippen LogP contribution in [-0.2, 0) is 14.1 Å². The van der Waals surface area contributed by atoms with Crippen LogP contribution < -0.4 is 0 Å². The van der Waals surface area contributed by atoms with Crippen molar-refractivity contribution < 1.29 is 0 Å². The normalized spacial score (nSPS) is 10.8. The van der Waals surface area contributed by atoms with Crippen LogP contribution in [0.2, 0.25) is 0 Å². The fraction of sp³-hybridized carbons (Fsp3) is 0.286. The Labute approximate surface area is 77.2 Å². The van der Waals surface area contributed by atoms with Crippen LogP contribution in [0.25, 0.3) is 11.2 Å². The number of hydrogen-bond acceptors (Lipinski definition) is 2. The molecular weight excluding hydrogens is 219 g/mol. The molecule has 0 atom stereocenters. The molecule has 0 aliphatic heterocycles. The molecular formula is C7H8N4Se. The van der Waals surface area contributed by atoms with Crippen LogP contribution in [0.5, 0.6) is 0 Å². The standard InChI is InChI=1S/C7H8N4Se/c1-10-3-8-6-5(10)7(12)9-4-11(6)2/h3-4H,1-2H3. The van der Waals surface area contributed by atoms with Gasteiger partial charge in [-0.15, -0.1) is 0 Å². The molecule has 12 heavy (non-hydrogen) atoms. The van der Waals surface area contributed by atoms with E-state index in [0.717, 1.165) is 15.4 Å². The molecule has 2 rings (SSSR count). The zero-order chi connectivity index (χ0) is 8.72. The van der Waals surface area contributed by atoms with Crippen molar-refractivity contribution in [2.75, 3.05) is 0 Å². The van der Waals surface area contributed by atoms with Crippen LogP contribution in [0.1, 0.15) is 0 Å².